The first-order chi connectivity index (χ1) is 21.3. The van der Waals surface area contributed by atoms with E-state index in [2.05, 4.69) is 4.90 Å². The van der Waals surface area contributed by atoms with Crippen molar-refractivity contribution >= 4 is 17.8 Å². The van der Waals surface area contributed by atoms with Gasteiger partial charge in [-0.2, -0.15) is 13.2 Å². The number of carbonyl (C=O) groups excluding carboxylic acids is 2. The Kier molecular flexibility index (Phi) is 10.9. The van der Waals surface area contributed by atoms with Gasteiger partial charge in [-0.05, 0) is 52.9 Å². The fourth-order valence-corrected chi connectivity index (χ4v) is 5.48. The summed E-state index contributed by atoms with van der Waals surface area (Å²) in [6.45, 7) is 3.36. The lowest BCUT2D eigenvalue weighted by atomic mass is 9.96. The van der Waals surface area contributed by atoms with Crippen LogP contribution in [0.1, 0.15) is 41.1 Å². The van der Waals surface area contributed by atoms with Crippen molar-refractivity contribution in [1.82, 2.24) is 14.7 Å². The molecule has 1 atom stereocenters. The zero-order chi connectivity index (χ0) is 32.7. The second-order valence-corrected chi connectivity index (χ2v) is 10.9. The summed E-state index contributed by atoms with van der Waals surface area (Å²) >= 11 is 0. The van der Waals surface area contributed by atoms with Crippen LogP contribution in [0, 0.1) is 11.6 Å². The Morgan fingerprint density at radius 1 is 0.756 bits per heavy atom. The van der Waals surface area contributed by atoms with Crippen molar-refractivity contribution < 1.29 is 41.4 Å². The van der Waals surface area contributed by atoms with Crippen LogP contribution in [-0.4, -0.2) is 76.0 Å². The molecule has 0 radical (unpaired) electrons. The first kappa shape index (κ1) is 33.5. The number of nitrogens with zero attached hydrogens (tertiary/aromatic N) is 3. The third kappa shape index (κ3) is 8.85. The van der Waals surface area contributed by atoms with Gasteiger partial charge in [-0.15, -0.1) is 0 Å². The number of amides is 2. The molecule has 2 aliphatic rings. The van der Waals surface area contributed by atoms with Crippen LogP contribution in [0.25, 0.3) is 0 Å². The maximum Gasteiger partial charge on any atom is 0.490 e. The van der Waals surface area contributed by atoms with Crippen molar-refractivity contribution in [2.45, 2.75) is 44.2 Å². The Morgan fingerprint density at radius 2 is 1.24 bits per heavy atom. The Balaban J connectivity index is 0.000000591. The van der Waals surface area contributed by atoms with Crippen molar-refractivity contribution in [1.29, 1.82) is 0 Å². The molecule has 2 amide bonds. The lowest BCUT2D eigenvalue weighted by Crippen LogP contribution is -2.45. The summed E-state index contributed by atoms with van der Waals surface area (Å²) in [6.07, 6.45) is -4.39. The zero-order valence-electron chi connectivity index (χ0n) is 24.2. The van der Waals surface area contributed by atoms with E-state index in [1.807, 2.05) is 24.3 Å². The van der Waals surface area contributed by atoms with Gasteiger partial charge in [0.1, 0.15) is 11.6 Å². The van der Waals surface area contributed by atoms with Gasteiger partial charge in [-0.25, -0.2) is 13.6 Å². The number of carbonyl (C=O) groups is 3. The molecule has 2 heterocycles. The minimum Gasteiger partial charge on any atom is -0.475 e. The standard InChI is InChI=1S/C30H32F2N4O2.C2HF3O2/c31-25-10-6-21(7-11-25)29(22-8-12-26(32)13-9-22)35-15-3-14-34(16-17-35)28(37)18-27(33)30(38)36-19-23-4-1-2-5-24(23)20-36;3-2(4,5)1(6)7/h1-2,4-13,27,29H,3,14-20,33H2;(H,6,7)/t27-;/m0./s1. The van der Waals surface area contributed by atoms with Crippen molar-refractivity contribution in [3.63, 3.8) is 0 Å². The molecule has 3 N–H and O–H groups in total. The second-order valence-electron chi connectivity index (χ2n) is 10.9. The summed E-state index contributed by atoms with van der Waals surface area (Å²) in [6, 6.07) is 19.5. The molecule has 13 heteroatoms. The molecular formula is C32H33F5N4O4. The van der Waals surface area contributed by atoms with E-state index in [0.29, 0.717) is 39.3 Å². The normalized spacial score (nSPS) is 16.0. The van der Waals surface area contributed by atoms with E-state index in [9.17, 15) is 31.5 Å². The molecular weight excluding hydrogens is 599 g/mol. The molecule has 0 unspecified atom stereocenters. The van der Waals surface area contributed by atoms with E-state index in [0.717, 1.165) is 28.7 Å². The molecule has 2 aliphatic heterocycles. The second kappa shape index (κ2) is 14.6. The minimum atomic E-state index is -5.08. The first-order valence-corrected chi connectivity index (χ1v) is 14.3. The van der Waals surface area contributed by atoms with Crippen molar-refractivity contribution in [2.24, 2.45) is 5.73 Å². The molecule has 0 aliphatic carbocycles. The summed E-state index contributed by atoms with van der Waals surface area (Å²) < 4.78 is 59.0. The van der Waals surface area contributed by atoms with Crippen LogP contribution >= 0.6 is 0 Å². The van der Waals surface area contributed by atoms with Crippen LogP contribution in [0.4, 0.5) is 22.0 Å². The Hall–Kier alpha value is -4.36. The highest BCUT2D eigenvalue weighted by Crippen LogP contribution is 2.30. The molecule has 0 bridgehead atoms. The van der Waals surface area contributed by atoms with Crippen LogP contribution < -0.4 is 5.73 Å². The number of rotatable bonds is 6. The van der Waals surface area contributed by atoms with Crippen LogP contribution in [0.3, 0.4) is 0 Å². The monoisotopic (exact) mass is 632 g/mol. The van der Waals surface area contributed by atoms with Crippen molar-refractivity contribution in [3.8, 4) is 0 Å². The largest absolute Gasteiger partial charge is 0.490 e. The molecule has 0 aromatic heterocycles. The molecule has 3 aromatic rings. The summed E-state index contributed by atoms with van der Waals surface area (Å²) in [7, 11) is 0. The van der Waals surface area contributed by atoms with Crippen LogP contribution in [0.2, 0.25) is 0 Å². The van der Waals surface area contributed by atoms with Crippen LogP contribution in [0.15, 0.2) is 72.8 Å². The third-order valence-corrected chi connectivity index (χ3v) is 7.73. The van der Waals surface area contributed by atoms with Gasteiger partial charge in [0.15, 0.2) is 0 Å². The number of halogens is 5. The van der Waals surface area contributed by atoms with E-state index < -0.39 is 18.2 Å². The van der Waals surface area contributed by atoms with Gasteiger partial charge >= 0.3 is 12.1 Å². The van der Waals surface area contributed by atoms with Gasteiger partial charge < -0.3 is 20.6 Å². The van der Waals surface area contributed by atoms with E-state index in [-0.39, 0.29) is 35.9 Å². The average Bonchev–Trinajstić information content (AvgIpc) is 3.29. The smallest absolute Gasteiger partial charge is 0.475 e. The number of aliphatic carboxylic acids is 1. The lowest BCUT2D eigenvalue weighted by molar-refractivity contribution is -0.192. The molecule has 8 nitrogen and oxygen atoms in total. The van der Waals surface area contributed by atoms with E-state index in [4.69, 9.17) is 15.6 Å². The molecule has 0 spiro atoms. The minimum absolute atomic E-state index is 0.0367. The van der Waals surface area contributed by atoms with Gasteiger partial charge in [-0.1, -0.05) is 48.5 Å². The van der Waals surface area contributed by atoms with E-state index in [1.54, 1.807) is 34.1 Å². The van der Waals surface area contributed by atoms with Crippen molar-refractivity contribution in [3.05, 3.63) is 107 Å². The summed E-state index contributed by atoms with van der Waals surface area (Å²) in [5.74, 6) is -3.73. The number of fused-ring (bicyclic) bond motifs is 1. The van der Waals surface area contributed by atoms with Crippen LogP contribution in [-0.2, 0) is 27.5 Å². The quantitative estimate of drug-likeness (QED) is 0.389. The number of carboxylic acids is 1. The maximum absolute atomic E-state index is 13.6. The third-order valence-electron chi connectivity index (χ3n) is 7.73. The zero-order valence-corrected chi connectivity index (χ0v) is 24.2. The number of hydrogen-bond acceptors (Lipinski definition) is 5. The van der Waals surface area contributed by atoms with Crippen LogP contribution in [0.5, 0.6) is 0 Å². The van der Waals surface area contributed by atoms with Gasteiger partial charge in [0, 0.05) is 39.3 Å². The van der Waals surface area contributed by atoms with Gasteiger partial charge in [0.2, 0.25) is 11.8 Å². The summed E-state index contributed by atoms with van der Waals surface area (Å²) in [4.78, 5) is 40.8. The number of carboxylic acid groups (broad SMARTS) is 1. The van der Waals surface area contributed by atoms with E-state index >= 15 is 0 Å². The predicted molar refractivity (Wildman–Crippen MR) is 154 cm³/mol. The number of benzene rings is 3. The first-order valence-electron chi connectivity index (χ1n) is 14.3. The molecule has 5 rings (SSSR count). The molecule has 0 saturated carbocycles. The highest BCUT2D eigenvalue weighted by molar-refractivity contribution is 5.88. The Morgan fingerprint density at radius 3 is 1.71 bits per heavy atom. The van der Waals surface area contributed by atoms with Gasteiger partial charge in [-0.3, -0.25) is 14.5 Å². The Bertz CT molecular complexity index is 1410. The average molecular weight is 633 g/mol. The summed E-state index contributed by atoms with van der Waals surface area (Å²) in [5.41, 5.74) is 10.2. The van der Waals surface area contributed by atoms with Gasteiger partial charge in [0.25, 0.3) is 0 Å². The molecule has 240 valence electrons. The molecule has 45 heavy (non-hydrogen) atoms. The fourth-order valence-electron chi connectivity index (χ4n) is 5.48. The summed E-state index contributed by atoms with van der Waals surface area (Å²) in [5, 5.41) is 7.12. The Labute approximate surface area is 256 Å². The topological polar surface area (TPSA) is 107 Å². The van der Waals surface area contributed by atoms with E-state index in [1.165, 1.54) is 24.3 Å². The molecule has 1 fully saturated rings. The highest BCUT2D eigenvalue weighted by Gasteiger charge is 2.38. The number of nitrogens with two attached hydrogens (primary N) is 1. The highest BCUT2D eigenvalue weighted by atomic mass is 19.4. The fraction of sp³-hybridized carbons (Fsp3) is 0.344. The lowest BCUT2D eigenvalue weighted by Gasteiger charge is -2.31. The van der Waals surface area contributed by atoms with Crippen molar-refractivity contribution in [2.75, 3.05) is 26.2 Å². The van der Waals surface area contributed by atoms with Gasteiger partial charge in [0.05, 0.1) is 18.5 Å². The number of hydrogen-bond donors (Lipinski definition) is 2. The molecule has 3 aromatic carbocycles. The SMILES string of the molecule is N[C@@H](CC(=O)N1CCCN(C(c2ccc(F)cc2)c2ccc(F)cc2)CC1)C(=O)N1Cc2ccccc2C1.O=C(O)C(F)(F)F. The number of alkyl halides is 3. The molecule has 1 saturated heterocycles. The maximum atomic E-state index is 13.6. The predicted octanol–water partition coefficient (Wildman–Crippen LogP) is 4.48.